The third-order valence-corrected chi connectivity index (χ3v) is 5.09. The van der Waals surface area contributed by atoms with E-state index in [9.17, 15) is 0 Å². The molecule has 0 amide bonds. The summed E-state index contributed by atoms with van der Waals surface area (Å²) < 4.78 is 0. The van der Waals surface area contributed by atoms with Gasteiger partial charge in [0.15, 0.2) is 0 Å². The number of alkyl halides is 1. The van der Waals surface area contributed by atoms with E-state index in [0.717, 1.165) is 17.7 Å². The van der Waals surface area contributed by atoms with E-state index in [-0.39, 0.29) is 0 Å². The van der Waals surface area contributed by atoms with Crippen molar-refractivity contribution >= 4 is 11.6 Å². The summed E-state index contributed by atoms with van der Waals surface area (Å²) in [7, 11) is 0. The highest BCUT2D eigenvalue weighted by molar-refractivity contribution is 6.18. The van der Waals surface area contributed by atoms with E-state index in [0.29, 0.717) is 10.8 Å². The minimum Gasteiger partial charge on any atom is -0.126 e. The van der Waals surface area contributed by atoms with E-state index in [2.05, 4.69) is 34.6 Å². The quantitative estimate of drug-likeness (QED) is 0.579. The zero-order valence-electron chi connectivity index (χ0n) is 11.1. The molecule has 0 N–H and O–H groups in total. The average molecular weight is 231 g/mol. The molecule has 90 valence electrons. The Morgan fingerprint density at radius 3 is 1.60 bits per heavy atom. The largest absolute Gasteiger partial charge is 0.126 e. The van der Waals surface area contributed by atoms with Gasteiger partial charge in [0.25, 0.3) is 0 Å². The molecule has 0 bridgehead atoms. The van der Waals surface area contributed by atoms with Crippen LogP contribution in [0.15, 0.2) is 0 Å². The molecule has 0 radical (unpaired) electrons. The molecule has 0 saturated heterocycles. The van der Waals surface area contributed by atoms with Crippen LogP contribution in [0.2, 0.25) is 0 Å². The Balaban J connectivity index is 2.50. The lowest BCUT2D eigenvalue weighted by Gasteiger charge is -2.42. The SMILES string of the molecule is CC(C)(C)C1CCC(C(C)(C)CCl)CC1. The summed E-state index contributed by atoms with van der Waals surface area (Å²) in [5.41, 5.74) is 0.834. The third-order valence-electron chi connectivity index (χ3n) is 4.40. The van der Waals surface area contributed by atoms with E-state index in [4.69, 9.17) is 11.6 Å². The summed E-state index contributed by atoms with van der Waals surface area (Å²) in [4.78, 5) is 0. The fourth-order valence-electron chi connectivity index (χ4n) is 2.85. The predicted octanol–water partition coefficient (Wildman–Crippen LogP) is 5.10. The molecular weight excluding hydrogens is 204 g/mol. The van der Waals surface area contributed by atoms with Gasteiger partial charge in [-0.2, -0.15) is 0 Å². The first kappa shape index (κ1) is 13.4. The van der Waals surface area contributed by atoms with Crippen molar-refractivity contribution in [3.63, 3.8) is 0 Å². The summed E-state index contributed by atoms with van der Waals surface area (Å²) in [6.07, 6.45) is 5.55. The lowest BCUT2D eigenvalue weighted by molar-refractivity contribution is 0.0986. The van der Waals surface area contributed by atoms with Crippen LogP contribution in [-0.4, -0.2) is 5.88 Å². The molecule has 0 atom stereocenters. The zero-order valence-corrected chi connectivity index (χ0v) is 11.8. The van der Waals surface area contributed by atoms with Gasteiger partial charge in [0.05, 0.1) is 0 Å². The van der Waals surface area contributed by atoms with Crippen LogP contribution in [0.4, 0.5) is 0 Å². The maximum absolute atomic E-state index is 6.05. The van der Waals surface area contributed by atoms with Crippen molar-refractivity contribution in [2.45, 2.75) is 60.3 Å². The van der Waals surface area contributed by atoms with Crippen LogP contribution in [0.3, 0.4) is 0 Å². The van der Waals surface area contributed by atoms with Crippen molar-refractivity contribution in [3.8, 4) is 0 Å². The highest BCUT2D eigenvalue weighted by Gasteiger charge is 2.35. The Bertz CT molecular complexity index is 192. The van der Waals surface area contributed by atoms with Crippen molar-refractivity contribution in [3.05, 3.63) is 0 Å². The van der Waals surface area contributed by atoms with Crippen molar-refractivity contribution < 1.29 is 0 Å². The second-order valence-electron chi connectivity index (χ2n) is 7.04. The summed E-state index contributed by atoms with van der Waals surface area (Å²) in [6.45, 7) is 11.8. The number of rotatable bonds is 2. The standard InChI is InChI=1S/C14H27Cl/c1-13(2,3)11-6-8-12(9-7-11)14(4,5)10-15/h11-12H,6-10H2,1-5H3. The molecule has 0 aromatic carbocycles. The highest BCUT2D eigenvalue weighted by Crippen LogP contribution is 2.45. The average Bonchev–Trinajstić information content (AvgIpc) is 2.17. The Kier molecular flexibility index (Phi) is 4.14. The van der Waals surface area contributed by atoms with Crippen molar-refractivity contribution in [2.24, 2.45) is 22.7 Å². The lowest BCUT2D eigenvalue weighted by Crippen LogP contribution is -2.33. The zero-order chi connectivity index (χ0) is 11.7. The van der Waals surface area contributed by atoms with Gasteiger partial charge in [-0.3, -0.25) is 0 Å². The van der Waals surface area contributed by atoms with Crippen LogP contribution in [-0.2, 0) is 0 Å². The molecule has 0 aromatic rings. The second-order valence-corrected chi connectivity index (χ2v) is 7.30. The molecule has 1 aliphatic rings. The molecule has 0 spiro atoms. The first-order valence-electron chi connectivity index (χ1n) is 6.33. The predicted molar refractivity (Wildman–Crippen MR) is 69.4 cm³/mol. The number of hydrogen-bond donors (Lipinski definition) is 0. The van der Waals surface area contributed by atoms with Gasteiger partial charge in [-0.15, -0.1) is 11.6 Å². The fourth-order valence-corrected chi connectivity index (χ4v) is 3.07. The van der Waals surface area contributed by atoms with Gasteiger partial charge in [-0.05, 0) is 48.3 Å². The summed E-state index contributed by atoms with van der Waals surface area (Å²) in [5.74, 6) is 2.56. The maximum atomic E-state index is 6.05. The minimum absolute atomic E-state index is 0.338. The summed E-state index contributed by atoms with van der Waals surface area (Å²) in [6, 6.07) is 0. The van der Waals surface area contributed by atoms with Gasteiger partial charge in [0.2, 0.25) is 0 Å². The topological polar surface area (TPSA) is 0 Å². The van der Waals surface area contributed by atoms with Crippen LogP contribution in [0, 0.1) is 22.7 Å². The molecule has 1 heteroatoms. The van der Waals surface area contributed by atoms with Crippen LogP contribution < -0.4 is 0 Å². The molecule has 1 saturated carbocycles. The maximum Gasteiger partial charge on any atom is 0.0277 e. The van der Waals surface area contributed by atoms with E-state index in [1.165, 1.54) is 25.7 Å². The Labute approximate surface area is 101 Å². The molecule has 0 heterocycles. The molecule has 0 aromatic heterocycles. The van der Waals surface area contributed by atoms with E-state index in [1.807, 2.05) is 0 Å². The van der Waals surface area contributed by atoms with Crippen LogP contribution >= 0.6 is 11.6 Å². The van der Waals surface area contributed by atoms with Gasteiger partial charge in [-0.25, -0.2) is 0 Å². The van der Waals surface area contributed by atoms with Gasteiger partial charge in [-0.1, -0.05) is 34.6 Å². The van der Waals surface area contributed by atoms with Gasteiger partial charge < -0.3 is 0 Å². The number of hydrogen-bond acceptors (Lipinski definition) is 0. The summed E-state index contributed by atoms with van der Waals surface area (Å²) >= 11 is 6.05. The van der Waals surface area contributed by atoms with E-state index >= 15 is 0 Å². The normalized spacial score (nSPS) is 29.2. The molecule has 0 aliphatic heterocycles. The Hall–Kier alpha value is 0.290. The molecule has 0 unspecified atom stereocenters. The fraction of sp³-hybridized carbons (Fsp3) is 1.00. The van der Waals surface area contributed by atoms with E-state index < -0.39 is 0 Å². The molecule has 1 fully saturated rings. The first-order chi connectivity index (χ1) is 6.77. The monoisotopic (exact) mass is 230 g/mol. The summed E-state index contributed by atoms with van der Waals surface area (Å²) in [5, 5.41) is 0. The lowest BCUT2D eigenvalue weighted by atomic mass is 9.64. The van der Waals surface area contributed by atoms with Crippen molar-refractivity contribution in [1.82, 2.24) is 0 Å². The van der Waals surface area contributed by atoms with Gasteiger partial charge in [0, 0.05) is 5.88 Å². The van der Waals surface area contributed by atoms with Crippen LogP contribution in [0.5, 0.6) is 0 Å². The van der Waals surface area contributed by atoms with Gasteiger partial charge in [0.1, 0.15) is 0 Å². The van der Waals surface area contributed by atoms with Crippen molar-refractivity contribution in [2.75, 3.05) is 5.88 Å². The van der Waals surface area contributed by atoms with Crippen LogP contribution in [0.25, 0.3) is 0 Å². The smallest absolute Gasteiger partial charge is 0.0277 e. The molecule has 1 aliphatic carbocycles. The van der Waals surface area contributed by atoms with E-state index in [1.54, 1.807) is 0 Å². The molecular formula is C14H27Cl. The third kappa shape index (κ3) is 3.37. The van der Waals surface area contributed by atoms with Crippen molar-refractivity contribution in [1.29, 1.82) is 0 Å². The van der Waals surface area contributed by atoms with Gasteiger partial charge >= 0.3 is 0 Å². The number of halogens is 1. The highest BCUT2D eigenvalue weighted by atomic mass is 35.5. The first-order valence-corrected chi connectivity index (χ1v) is 6.87. The Morgan fingerprint density at radius 1 is 0.867 bits per heavy atom. The molecule has 1 rings (SSSR count). The van der Waals surface area contributed by atoms with Crippen LogP contribution in [0.1, 0.15) is 60.3 Å². The Morgan fingerprint density at radius 2 is 1.27 bits per heavy atom. The molecule has 0 nitrogen and oxygen atoms in total. The molecule has 15 heavy (non-hydrogen) atoms. The second kappa shape index (κ2) is 4.65. The minimum atomic E-state index is 0.338.